The molecule has 0 radical (unpaired) electrons. The third-order valence-corrected chi connectivity index (χ3v) is 4.79. The van der Waals surface area contributed by atoms with E-state index in [2.05, 4.69) is 10.2 Å². The van der Waals surface area contributed by atoms with Gasteiger partial charge < -0.3 is 15.0 Å². The van der Waals surface area contributed by atoms with Crippen LogP contribution in [0.5, 0.6) is 0 Å². The molecule has 1 N–H and O–H groups in total. The van der Waals surface area contributed by atoms with Crippen LogP contribution in [0.4, 0.5) is 0 Å². The smallest absolute Gasteiger partial charge is 0.242 e. The van der Waals surface area contributed by atoms with Gasteiger partial charge in [0.2, 0.25) is 5.91 Å². The van der Waals surface area contributed by atoms with E-state index in [1.807, 2.05) is 7.05 Å². The van der Waals surface area contributed by atoms with Crippen molar-refractivity contribution in [2.75, 3.05) is 26.8 Å². The number of likely N-dealkylation sites (N-methyl/N-ethyl adjacent to an activating group) is 1. The van der Waals surface area contributed by atoms with Crippen LogP contribution >= 0.6 is 0 Å². The molecule has 1 aliphatic heterocycles. The molecule has 1 amide bonds. The highest BCUT2D eigenvalue weighted by atomic mass is 16.5. The first kappa shape index (κ1) is 11.5. The van der Waals surface area contributed by atoms with E-state index in [0.29, 0.717) is 19.3 Å². The molecule has 0 aromatic heterocycles. The maximum atomic E-state index is 12.4. The predicted octanol–water partition coefficient (Wildman–Crippen LogP) is 0.622. The van der Waals surface area contributed by atoms with Crippen LogP contribution in [0.2, 0.25) is 0 Å². The Morgan fingerprint density at radius 1 is 1.35 bits per heavy atom. The van der Waals surface area contributed by atoms with Gasteiger partial charge in [0, 0.05) is 12.6 Å². The first-order chi connectivity index (χ1) is 8.29. The summed E-state index contributed by atoms with van der Waals surface area (Å²) in [6.45, 7) is 2.00. The topological polar surface area (TPSA) is 41.6 Å². The van der Waals surface area contributed by atoms with Crippen LogP contribution < -0.4 is 5.32 Å². The highest BCUT2D eigenvalue weighted by molar-refractivity contribution is 5.82. The number of carbonyl (C=O) groups is 1. The van der Waals surface area contributed by atoms with Crippen LogP contribution in [0.15, 0.2) is 0 Å². The van der Waals surface area contributed by atoms with Crippen molar-refractivity contribution < 1.29 is 9.53 Å². The fourth-order valence-electron chi connectivity index (χ4n) is 3.87. The van der Waals surface area contributed by atoms with Crippen molar-refractivity contribution in [1.29, 1.82) is 0 Å². The number of hydrogen-bond donors (Lipinski definition) is 1. The molecule has 17 heavy (non-hydrogen) atoms. The molecule has 3 aliphatic rings. The van der Waals surface area contributed by atoms with Crippen molar-refractivity contribution >= 4 is 5.91 Å². The van der Waals surface area contributed by atoms with Crippen molar-refractivity contribution in [3.63, 3.8) is 0 Å². The number of amides is 1. The average Bonchev–Trinajstić information content (AvgIpc) is 2.90. The van der Waals surface area contributed by atoms with Crippen LogP contribution in [0.1, 0.15) is 25.7 Å². The lowest BCUT2D eigenvalue weighted by molar-refractivity contribution is -0.135. The van der Waals surface area contributed by atoms with Crippen molar-refractivity contribution in [1.82, 2.24) is 10.2 Å². The number of nitrogens with one attached hydrogen (secondary N) is 1. The summed E-state index contributed by atoms with van der Waals surface area (Å²) in [7, 11) is 1.84. The lowest BCUT2D eigenvalue weighted by Crippen LogP contribution is -2.51. The molecule has 4 nitrogen and oxygen atoms in total. The minimum absolute atomic E-state index is 0.142. The molecule has 0 spiro atoms. The molecule has 2 aliphatic carbocycles. The zero-order valence-electron chi connectivity index (χ0n) is 10.5. The van der Waals surface area contributed by atoms with E-state index in [4.69, 9.17) is 4.74 Å². The Kier molecular flexibility index (Phi) is 3.09. The highest BCUT2D eigenvalue weighted by Crippen LogP contribution is 2.46. The van der Waals surface area contributed by atoms with E-state index in [1.165, 1.54) is 25.7 Å². The molecule has 96 valence electrons. The maximum Gasteiger partial charge on any atom is 0.242 e. The Morgan fingerprint density at radius 3 is 2.88 bits per heavy atom. The van der Waals surface area contributed by atoms with Crippen LogP contribution in [-0.4, -0.2) is 49.7 Å². The molecule has 2 bridgehead atoms. The van der Waals surface area contributed by atoms with Gasteiger partial charge >= 0.3 is 0 Å². The summed E-state index contributed by atoms with van der Waals surface area (Å²) in [4.78, 5) is 14.5. The maximum absolute atomic E-state index is 12.4. The van der Waals surface area contributed by atoms with Gasteiger partial charge in [-0.15, -0.1) is 0 Å². The van der Waals surface area contributed by atoms with Gasteiger partial charge in [-0.2, -0.15) is 0 Å². The Labute approximate surface area is 103 Å². The van der Waals surface area contributed by atoms with Crippen molar-refractivity contribution in [3.05, 3.63) is 0 Å². The number of nitrogens with zero attached hydrogens (tertiary/aromatic N) is 1. The van der Waals surface area contributed by atoms with Gasteiger partial charge in [0.25, 0.3) is 0 Å². The minimum atomic E-state index is -0.142. The van der Waals surface area contributed by atoms with Crippen LogP contribution in [-0.2, 0) is 9.53 Å². The van der Waals surface area contributed by atoms with Gasteiger partial charge in [-0.3, -0.25) is 4.79 Å². The van der Waals surface area contributed by atoms with Crippen LogP contribution in [0.25, 0.3) is 0 Å². The largest absolute Gasteiger partial charge is 0.377 e. The van der Waals surface area contributed by atoms with Crippen molar-refractivity contribution in [2.45, 2.75) is 37.8 Å². The fraction of sp³-hybridized carbons (Fsp3) is 0.923. The fourth-order valence-corrected chi connectivity index (χ4v) is 3.87. The number of fused-ring (bicyclic) bond motifs is 2. The number of ether oxygens (including phenoxy) is 1. The second kappa shape index (κ2) is 4.58. The number of hydrogen-bond acceptors (Lipinski definition) is 3. The Hall–Kier alpha value is -0.610. The van der Waals surface area contributed by atoms with Gasteiger partial charge in [-0.05, 0) is 38.1 Å². The van der Waals surface area contributed by atoms with Crippen molar-refractivity contribution in [3.8, 4) is 0 Å². The summed E-state index contributed by atoms with van der Waals surface area (Å²) in [5.74, 6) is 1.90. The van der Waals surface area contributed by atoms with Gasteiger partial charge in [0.05, 0.1) is 13.2 Å². The first-order valence-electron chi connectivity index (χ1n) is 6.85. The molecule has 4 heteroatoms. The normalized spacial score (nSPS) is 41.9. The van der Waals surface area contributed by atoms with Gasteiger partial charge in [-0.25, -0.2) is 0 Å². The summed E-state index contributed by atoms with van der Waals surface area (Å²) >= 11 is 0. The van der Waals surface area contributed by atoms with E-state index in [9.17, 15) is 4.79 Å². The number of carbonyl (C=O) groups excluding carboxylic acids is 1. The first-order valence-corrected chi connectivity index (χ1v) is 6.85. The zero-order chi connectivity index (χ0) is 11.8. The Bertz CT molecular complexity index is 308. The quantitative estimate of drug-likeness (QED) is 0.767. The molecule has 2 saturated carbocycles. The Balaban J connectivity index is 1.74. The van der Waals surface area contributed by atoms with E-state index in [-0.39, 0.29) is 11.9 Å². The summed E-state index contributed by atoms with van der Waals surface area (Å²) in [5.41, 5.74) is 0. The lowest BCUT2D eigenvalue weighted by atomic mass is 9.93. The molecule has 0 aromatic carbocycles. The second-order valence-corrected chi connectivity index (χ2v) is 5.69. The Morgan fingerprint density at radius 2 is 2.24 bits per heavy atom. The monoisotopic (exact) mass is 238 g/mol. The van der Waals surface area contributed by atoms with Gasteiger partial charge in [0.1, 0.15) is 6.04 Å². The van der Waals surface area contributed by atoms with Gasteiger partial charge in [-0.1, -0.05) is 6.42 Å². The predicted molar refractivity (Wildman–Crippen MR) is 64.6 cm³/mol. The molecule has 4 atom stereocenters. The molecule has 1 heterocycles. The highest BCUT2D eigenvalue weighted by Gasteiger charge is 2.44. The molecule has 4 unspecified atom stereocenters. The average molecular weight is 238 g/mol. The molecule has 1 saturated heterocycles. The SMILES string of the molecule is CNC1COCCN(C2CC3CCC2C3)C1=O. The van der Waals surface area contributed by atoms with Crippen molar-refractivity contribution in [2.24, 2.45) is 11.8 Å². The lowest BCUT2D eigenvalue weighted by Gasteiger charge is -2.34. The van der Waals surface area contributed by atoms with E-state index < -0.39 is 0 Å². The van der Waals surface area contributed by atoms with E-state index in [0.717, 1.165) is 18.4 Å². The molecular weight excluding hydrogens is 216 g/mol. The van der Waals surface area contributed by atoms with Crippen LogP contribution in [0, 0.1) is 11.8 Å². The van der Waals surface area contributed by atoms with Gasteiger partial charge in [0.15, 0.2) is 0 Å². The van der Waals surface area contributed by atoms with Crippen LogP contribution in [0.3, 0.4) is 0 Å². The third-order valence-electron chi connectivity index (χ3n) is 4.79. The molecule has 0 aromatic rings. The molecule has 3 fully saturated rings. The van der Waals surface area contributed by atoms with E-state index in [1.54, 1.807) is 0 Å². The third kappa shape index (κ3) is 1.97. The zero-order valence-corrected chi connectivity index (χ0v) is 10.5. The molecular formula is C13H22N2O2. The summed E-state index contributed by atoms with van der Waals surface area (Å²) < 4.78 is 5.51. The summed E-state index contributed by atoms with van der Waals surface area (Å²) in [6.07, 6.45) is 5.28. The molecule has 3 rings (SSSR count). The minimum Gasteiger partial charge on any atom is -0.377 e. The van der Waals surface area contributed by atoms with E-state index >= 15 is 0 Å². The summed E-state index contributed by atoms with van der Waals surface area (Å²) in [5, 5.41) is 3.07. The summed E-state index contributed by atoms with van der Waals surface area (Å²) in [6, 6.07) is 0.357. The number of rotatable bonds is 2. The second-order valence-electron chi connectivity index (χ2n) is 5.69. The standard InChI is InChI=1S/C13H22N2O2/c1-14-11-8-17-5-4-15(13(11)16)12-7-9-2-3-10(12)6-9/h9-12,14H,2-8H2,1H3.